The molecule has 0 atom stereocenters. The van der Waals surface area contributed by atoms with Crippen LogP contribution in [0.5, 0.6) is 5.75 Å². The van der Waals surface area contributed by atoms with Crippen molar-refractivity contribution in [3.8, 4) is 5.75 Å². The fraction of sp³-hybridized carbons (Fsp3) is 0.176. The van der Waals surface area contributed by atoms with Gasteiger partial charge in [-0.15, -0.1) is 18.3 Å². The van der Waals surface area contributed by atoms with Crippen LogP contribution in [-0.2, 0) is 6.42 Å². The number of ether oxygens (including phenoxy) is 1. The van der Waals surface area contributed by atoms with E-state index in [0.717, 1.165) is 11.3 Å². The number of hydrogen-bond donors (Lipinski definition) is 0. The summed E-state index contributed by atoms with van der Waals surface area (Å²) >= 11 is 5.89. The SMILES string of the molecule is CC1=NN=C(c2ccc(Cl)cc2)c2cc(OC(F)(F)F)ccc2C1. The van der Waals surface area contributed by atoms with Crippen molar-refractivity contribution in [1.82, 2.24) is 0 Å². The van der Waals surface area contributed by atoms with E-state index < -0.39 is 6.36 Å². The van der Waals surface area contributed by atoms with E-state index >= 15 is 0 Å². The maximum Gasteiger partial charge on any atom is 0.573 e. The van der Waals surface area contributed by atoms with Gasteiger partial charge in [0.05, 0.1) is 0 Å². The number of rotatable bonds is 2. The van der Waals surface area contributed by atoms with Crippen LogP contribution in [0.3, 0.4) is 0 Å². The molecule has 2 aromatic carbocycles. The molecule has 7 heteroatoms. The van der Waals surface area contributed by atoms with E-state index in [1.807, 2.05) is 6.92 Å². The van der Waals surface area contributed by atoms with Crippen LogP contribution < -0.4 is 4.74 Å². The van der Waals surface area contributed by atoms with Gasteiger partial charge in [-0.25, -0.2) is 0 Å². The molecule has 0 radical (unpaired) electrons. The van der Waals surface area contributed by atoms with E-state index in [1.165, 1.54) is 12.1 Å². The van der Waals surface area contributed by atoms with Crippen LogP contribution in [0.2, 0.25) is 5.02 Å². The maximum absolute atomic E-state index is 12.5. The van der Waals surface area contributed by atoms with E-state index in [9.17, 15) is 13.2 Å². The normalized spacial score (nSPS) is 14.4. The van der Waals surface area contributed by atoms with Crippen molar-refractivity contribution in [3.05, 3.63) is 64.2 Å². The molecule has 0 amide bonds. The van der Waals surface area contributed by atoms with Gasteiger partial charge in [-0.3, -0.25) is 0 Å². The van der Waals surface area contributed by atoms with Crippen LogP contribution >= 0.6 is 11.6 Å². The Morgan fingerprint density at radius 3 is 2.42 bits per heavy atom. The highest BCUT2D eigenvalue weighted by molar-refractivity contribution is 6.30. The van der Waals surface area contributed by atoms with Gasteiger partial charge in [0.1, 0.15) is 11.5 Å². The molecule has 0 bridgehead atoms. The van der Waals surface area contributed by atoms with Crippen molar-refractivity contribution < 1.29 is 17.9 Å². The average Bonchev–Trinajstić information content (AvgIpc) is 2.65. The molecule has 1 aliphatic rings. The van der Waals surface area contributed by atoms with E-state index in [4.69, 9.17) is 11.6 Å². The van der Waals surface area contributed by atoms with E-state index in [1.54, 1.807) is 30.3 Å². The van der Waals surface area contributed by atoms with E-state index in [0.29, 0.717) is 28.3 Å². The van der Waals surface area contributed by atoms with Crippen LogP contribution in [0.25, 0.3) is 0 Å². The first-order valence-electron chi connectivity index (χ1n) is 7.08. The van der Waals surface area contributed by atoms with E-state index in [-0.39, 0.29) is 5.75 Å². The van der Waals surface area contributed by atoms with Crippen LogP contribution in [-0.4, -0.2) is 17.8 Å². The van der Waals surface area contributed by atoms with Gasteiger partial charge in [0.25, 0.3) is 0 Å². The summed E-state index contributed by atoms with van der Waals surface area (Å²) in [7, 11) is 0. The highest BCUT2D eigenvalue weighted by Gasteiger charge is 2.31. The summed E-state index contributed by atoms with van der Waals surface area (Å²) in [6.07, 6.45) is -4.24. The molecule has 0 aliphatic carbocycles. The monoisotopic (exact) mass is 352 g/mol. The largest absolute Gasteiger partial charge is 0.573 e. The van der Waals surface area contributed by atoms with Crippen LogP contribution in [0.4, 0.5) is 13.2 Å². The van der Waals surface area contributed by atoms with Crippen molar-refractivity contribution in [1.29, 1.82) is 0 Å². The molecule has 0 unspecified atom stereocenters. The summed E-state index contributed by atoms with van der Waals surface area (Å²) < 4.78 is 41.5. The predicted octanol–water partition coefficient (Wildman–Crippen LogP) is 5.01. The smallest absolute Gasteiger partial charge is 0.406 e. The highest BCUT2D eigenvalue weighted by atomic mass is 35.5. The molecule has 0 aromatic heterocycles. The van der Waals surface area contributed by atoms with Crippen molar-refractivity contribution in [2.24, 2.45) is 10.2 Å². The molecule has 0 spiro atoms. The van der Waals surface area contributed by atoms with Crippen molar-refractivity contribution in [3.63, 3.8) is 0 Å². The average molecular weight is 353 g/mol. The van der Waals surface area contributed by atoms with Gasteiger partial charge in [-0.1, -0.05) is 29.8 Å². The predicted molar refractivity (Wildman–Crippen MR) is 87.0 cm³/mol. The second kappa shape index (κ2) is 6.28. The minimum absolute atomic E-state index is 0.289. The number of nitrogens with zero attached hydrogens (tertiary/aromatic N) is 2. The summed E-state index contributed by atoms with van der Waals surface area (Å²) in [5.74, 6) is -0.289. The van der Waals surface area contributed by atoms with E-state index in [2.05, 4.69) is 14.9 Å². The Kier molecular flexibility index (Phi) is 4.32. The quantitative estimate of drug-likeness (QED) is 0.748. The molecular weight excluding hydrogens is 341 g/mol. The molecule has 24 heavy (non-hydrogen) atoms. The molecule has 3 nitrogen and oxygen atoms in total. The minimum Gasteiger partial charge on any atom is -0.406 e. The second-order valence-electron chi connectivity index (χ2n) is 5.33. The first-order chi connectivity index (χ1) is 11.3. The fourth-order valence-electron chi connectivity index (χ4n) is 2.45. The third-order valence-corrected chi connectivity index (χ3v) is 3.71. The molecule has 1 heterocycles. The van der Waals surface area contributed by atoms with Crippen LogP contribution in [0.1, 0.15) is 23.6 Å². The fourth-order valence-corrected chi connectivity index (χ4v) is 2.57. The minimum atomic E-state index is -4.75. The number of fused-ring (bicyclic) bond motifs is 1. The highest BCUT2D eigenvalue weighted by Crippen LogP contribution is 2.28. The Hall–Kier alpha value is -2.34. The van der Waals surface area contributed by atoms with Gasteiger partial charge >= 0.3 is 6.36 Å². The standard InChI is InChI=1S/C17H12ClF3N2O/c1-10-8-12-4-7-14(24-17(19,20)21)9-15(12)16(23-22-10)11-2-5-13(18)6-3-11/h2-7,9H,8H2,1H3. The summed E-state index contributed by atoms with van der Waals surface area (Å²) in [5, 5.41) is 8.90. The van der Waals surface area contributed by atoms with Gasteiger partial charge in [0, 0.05) is 28.3 Å². The number of benzene rings is 2. The van der Waals surface area contributed by atoms with Gasteiger partial charge in [-0.05, 0) is 36.8 Å². The molecule has 0 fully saturated rings. The third kappa shape index (κ3) is 3.76. The Balaban J connectivity index is 2.10. The van der Waals surface area contributed by atoms with Crippen LogP contribution in [0, 0.1) is 0 Å². The Labute approximate surface area is 141 Å². The molecule has 1 aliphatic heterocycles. The van der Waals surface area contributed by atoms with Gasteiger partial charge < -0.3 is 4.74 Å². The van der Waals surface area contributed by atoms with Crippen molar-refractivity contribution in [2.45, 2.75) is 19.7 Å². The second-order valence-corrected chi connectivity index (χ2v) is 5.77. The molecular formula is C17H12ClF3N2O. The van der Waals surface area contributed by atoms with Gasteiger partial charge in [0.2, 0.25) is 0 Å². The van der Waals surface area contributed by atoms with Crippen LogP contribution in [0.15, 0.2) is 52.7 Å². The topological polar surface area (TPSA) is 34.0 Å². The first-order valence-corrected chi connectivity index (χ1v) is 7.46. The third-order valence-electron chi connectivity index (χ3n) is 3.45. The molecule has 0 N–H and O–H groups in total. The van der Waals surface area contributed by atoms with Gasteiger partial charge in [0.15, 0.2) is 0 Å². The van der Waals surface area contributed by atoms with Gasteiger partial charge in [-0.2, -0.15) is 5.10 Å². The summed E-state index contributed by atoms with van der Waals surface area (Å²) in [6, 6.07) is 11.1. The Morgan fingerprint density at radius 2 is 1.75 bits per heavy atom. The molecule has 3 rings (SSSR count). The zero-order chi connectivity index (χ0) is 17.3. The summed E-state index contributed by atoms with van der Waals surface area (Å²) in [4.78, 5) is 0. The van der Waals surface area contributed by atoms with Crippen molar-refractivity contribution in [2.75, 3.05) is 0 Å². The Morgan fingerprint density at radius 1 is 1.04 bits per heavy atom. The number of halogens is 4. The first kappa shape index (κ1) is 16.5. The Bertz CT molecular complexity index is 827. The lowest BCUT2D eigenvalue weighted by molar-refractivity contribution is -0.274. The molecule has 0 saturated heterocycles. The summed E-state index contributed by atoms with van der Waals surface area (Å²) in [5.41, 5.74) is 3.34. The van der Waals surface area contributed by atoms with Crippen molar-refractivity contribution >= 4 is 23.0 Å². The molecule has 0 saturated carbocycles. The zero-order valence-electron chi connectivity index (χ0n) is 12.6. The lowest BCUT2D eigenvalue weighted by Gasteiger charge is -2.14. The lowest BCUT2D eigenvalue weighted by Crippen LogP contribution is -2.18. The maximum atomic E-state index is 12.5. The molecule has 2 aromatic rings. The number of alkyl halides is 3. The molecule has 124 valence electrons. The lowest BCUT2D eigenvalue weighted by atomic mass is 9.95. The number of hydrogen-bond acceptors (Lipinski definition) is 3. The zero-order valence-corrected chi connectivity index (χ0v) is 13.3. The summed E-state index contributed by atoms with van der Waals surface area (Å²) in [6.45, 7) is 1.82.